The zero-order valence-electron chi connectivity index (χ0n) is 20.3. The molecule has 1 saturated carbocycles. The van der Waals surface area contributed by atoms with E-state index in [1.807, 2.05) is 56.3 Å². The van der Waals surface area contributed by atoms with E-state index in [1.54, 1.807) is 0 Å². The van der Waals surface area contributed by atoms with E-state index < -0.39 is 17.9 Å². The molecule has 0 aromatic heterocycles. The van der Waals surface area contributed by atoms with Crippen LogP contribution in [-0.4, -0.2) is 49.8 Å². The van der Waals surface area contributed by atoms with Crippen molar-refractivity contribution >= 4 is 11.9 Å². The number of esters is 2. The fraction of sp³-hybridized carbons (Fsp3) is 0.538. The Morgan fingerprint density at radius 2 is 1.58 bits per heavy atom. The molecule has 0 unspecified atom stereocenters. The second-order valence-corrected chi connectivity index (χ2v) is 8.63. The first-order valence-corrected chi connectivity index (χ1v) is 11.7. The zero-order chi connectivity index (χ0) is 24.0. The van der Waals surface area contributed by atoms with Crippen molar-refractivity contribution in [3.63, 3.8) is 0 Å². The highest BCUT2D eigenvalue weighted by Gasteiger charge is 2.37. The monoisotopic (exact) mass is 457 g/mol. The highest BCUT2D eigenvalue weighted by Crippen LogP contribution is 2.42. The lowest BCUT2D eigenvalue weighted by molar-refractivity contribution is -0.137. The third-order valence-corrected chi connectivity index (χ3v) is 6.00. The Morgan fingerprint density at radius 3 is 2.09 bits per heavy atom. The smallest absolute Gasteiger partial charge is 0.336 e. The quantitative estimate of drug-likeness (QED) is 0.523. The molecule has 1 fully saturated rings. The summed E-state index contributed by atoms with van der Waals surface area (Å²) in [6, 6.07) is 5.74. The van der Waals surface area contributed by atoms with E-state index in [1.165, 1.54) is 20.6 Å². The summed E-state index contributed by atoms with van der Waals surface area (Å²) in [4.78, 5) is 27.8. The van der Waals surface area contributed by atoms with Crippen LogP contribution in [0.1, 0.15) is 64.4 Å². The molecule has 0 N–H and O–H groups in total. The number of carbonyl (C=O) groups excluding carboxylic acids is 2. The van der Waals surface area contributed by atoms with E-state index in [2.05, 4.69) is 0 Å². The molecule has 7 nitrogen and oxygen atoms in total. The maximum absolute atomic E-state index is 12.9. The lowest BCUT2D eigenvalue weighted by Gasteiger charge is -2.36. The average molecular weight is 458 g/mol. The number of rotatable bonds is 8. The molecule has 0 atom stereocenters. The van der Waals surface area contributed by atoms with Crippen molar-refractivity contribution in [2.75, 3.05) is 20.8 Å². The molecule has 0 spiro atoms. The number of hydrogen-bond acceptors (Lipinski definition) is 7. The van der Waals surface area contributed by atoms with Gasteiger partial charge in [0.25, 0.3) is 0 Å². The molecular formula is C26H35NO6. The first kappa shape index (κ1) is 24.7. The van der Waals surface area contributed by atoms with Gasteiger partial charge in [-0.3, -0.25) is 0 Å². The Kier molecular flexibility index (Phi) is 8.42. The average Bonchev–Trinajstić information content (AvgIpc) is 2.83. The lowest BCUT2D eigenvalue weighted by atomic mass is 9.82. The van der Waals surface area contributed by atoms with Crippen LogP contribution in [0.15, 0.2) is 41.7 Å². The van der Waals surface area contributed by atoms with Gasteiger partial charge in [0.1, 0.15) is 0 Å². The molecule has 0 saturated heterocycles. The van der Waals surface area contributed by atoms with Gasteiger partial charge >= 0.3 is 11.9 Å². The van der Waals surface area contributed by atoms with Crippen LogP contribution < -0.4 is 9.47 Å². The number of methoxy groups -OCH3 is 2. The molecular weight excluding hydrogens is 422 g/mol. The standard InChI is InChI=1S/C26H35NO6/c1-6-32-23-14-18(12-13-22(23)33-17(2)3)24-20(25(28)30-4)15-27(16-21(24)26(29)31-5)19-10-8-7-9-11-19/h12-17,19,24H,6-11H2,1-5H3. The fourth-order valence-electron chi connectivity index (χ4n) is 4.52. The number of ether oxygens (including phenoxy) is 4. The van der Waals surface area contributed by atoms with Crippen LogP contribution in [-0.2, 0) is 19.1 Å². The summed E-state index contributed by atoms with van der Waals surface area (Å²) in [5.74, 6) is -0.419. The SMILES string of the molecule is CCOc1cc(C2C(C(=O)OC)=CN(C3CCCCC3)C=C2C(=O)OC)ccc1OC(C)C. The maximum Gasteiger partial charge on any atom is 0.336 e. The molecule has 0 bridgehead atoms. The summed E-state index contributed by atoms with van der Waals surface area (Å²) in [5, 5.41) is 0. The third kappa shape index (κ3) is 5.70. The van der Waals surface area contributed by atoms with Crippen LogP contribution in [0, 0.1) is 0 Å². The van der Waals surface area contributed by atoms with Gasteiger partial charge in [-0.15, -0.1) is 0 Å². The van der Waals surface area contributed by atoms with Gasteiger partial charge in [0, 0.05) is 18.4 Å². The Hall–Kier alpha value is -2.96. The lowest BCUT2D eigenvalue weighted by Crippen LogP contribution is -2.35. The van der Waals surface area contributed by atoms with Gasteiger partial charge in [0.05, 0.1) is 44.0 Å². The first-order valence-electron chi connectivity index (χ1n) is 11.7. The summed E-state index contributed by atoms with van der Waals surface area (Å²) < 4.78 is 22.0. The van der Waals surface area contributed by atoms with E-state index in [0.29, 0.717) is 29.3 Å². The largest absolute Gasteiger partial charge is 0.490 e. The molecule has 1 aromatic carbocycles. The van der Waals surface area contributed by atoms with E-state index in [0.717, 1.165) is 31.2 Å². The molecule has 180 valence electrons. The highest BCUT2D eigenvalue weighted by atomic mass is 16.5. The predicted molar refractivity (Wildman–Crippen MR) is 125 cm³/mol. The second-order valence-electron chi connectivity index (χ2n) is 8.63. The van der Waals surface area contributed by atoms with Crippen LogP contribution in [0.3, 0.4) is 0 Å². The number of benzene rings is 1. The minimum Gasteiger partial charge on any atom is -0.490 e. The van der Waals surface area contributed by atoms with E-state index >= 15 is 0 Å². The Morgan fingerprint density at radius 1 is 0.970 bits per heavy atom. The number of hydrogen-bond donors (Lipinski definition) is 0. The number of carbonyl (C=O) groups is 2. The van der Waals surface area contributed by atoms with Crippen molar-refractivity contribution in [3.8, 4) is 11.5 Å². The van der Waals surface area contributed by atoms with Crippen molar-refractivity contribution in [3.05, 3.63) is 47.3 Å². The van der Waals surface area contributed by atoms with Gasteiger partial charge < -0.3 is 23.8 Å². The van der Waals surface area contributed by atoms with Crippen LogP contribution in [0.4, 0.5) is 0 Å². The molecule has 1 aromatic rings. The predicted octanol–water partition coefficient (Wildman–Crippen LogP) is 4.72. The summed E-state index contributed by atoms with van der Waals surface area (Å²) in [6.07, 6.45) is 9.12. The normalized spacial score (nSPS) is 17.3. The van der Waals surface area contributed by atoms with Crippen molar-refractivity contribution in [1.82, 2.24) is 4.90 Å². The zero-order valence-corrected chi connectivity index (χ0v) is 20.3. The van der Waals surface area contributed by atoms with Crippen molar-refractivity contribution < 1.29 is 28.5 Å². The van der Waals surface area contributed by atoms with Crippen molar-refractivity contribution in [2.45, 2.75) is 70.9 Å². The molecule has 0 amide bonds. The van der Waals surface area contributed by atoms with Gasteiger partial charge in [-0.2, -0.15) is 0 Å². The number of nitrogens with zero attached hydrogens (tertiary/aromatic N) is 1. The second kappa shape index (κ2) is 11.3. The molecule has 1 aliphatic carbocycles. The Bertz CT molecular complexity index is 879. The minimum absolute atomic E-state index is 0.0233. The minimum atomic E-state index is -0.642. The fourth-order valence-corrected chi connectivity index (χ4v) is 4.52. The molecule has 3 rings (SSSR count). The Labute approximate surface area is 196 Å². The Balaban J connectivity index is 2.10. The van der Waals surface area contributed by atoms with E-state index in [9.17, 15) is 9.59 Å². The summed E-state index contributed by atoms with van der Waals surface area (Å²) >= 11 is 0. The maximum atomic E-state index is 12.9. The molecule has 33 heavy (non-hydrogen) atoms. The van der Waals surface area contributed by atoms with Crippen LogP contribution in [0.5, 0.6) is 11.5 Å². The van der Waals surface area contributed by atoms with E-state index in [4.69, 9.17) is 18.9 Å². The van der Waals surface area contributed by atoms with E-state index in [-0.39, 0.29) is 12.1 Å². The molecule has 0 radical (unpaired) electrons. The van der Waals surface area contributed by atoms with Gasteiger partial charge in [-0.1, -0.05) is 25.3 Å². The highest BCUT2D eigenvalue weighted by molar-refractivity contribution is 5.98. The molecule has 1 aliphatic heterocycles. The van der Waals surface area contributed by atoms with Gasteiger partial charge in [0.2, 0.25) is 0 Å². The van der Waals surface area contributed by atoms with Crippen molar-refractivity contribution in [1.29, 1.82) is 0 Å². The molecule has 2 aliphatic rings. The van der Waals surface area contributed by atoms with Gasteiger partial charge in [0.15, 0.2) is 11.5 Å². The summed E-state index contributed by atoms with van der Waals surface area (Å²) in [6.45, 7) is 6.24. The first-order chi connectivity index (χ1) is 15.9. The third-order valence-electron chi connectivity index (χ3n) is 6.00. The van der Waals surface area contributed by atoms with Gasteiger partial charge in [-0.05, 0) is 51.3 Å². The van der Waals surface area contributed by atoms with Crippen LogP contribution >= 0.6 is 0 Å². The van der Waals surface area contributed by atoms with Gasteiger partial charge in [-0.25, -0.2) is 9.59 Å². The van der Waals surface area contributed by atoms with Crippen molar-refractivity contribution in [2.24, 2.45) is 0 Å². The molecule has 1 heterocycles. The topological polar surface area (TPSA) is 74.3 Å². The summed E-state index contributed by atoms with van der Waals surface area (Å²) in [5.41, 5.74) is 1.52. The van der Waals surface area contributed by atoms with Crippen LogP contribution in [0.25, 0.3) is 0 Å². The van der Waals surface area contributed by atoms with Crippen LogP contribution in [0.2, 0.25) is 0 Å². The summed E-state index contributed by atoms with van der Waals surface area (Å²) in [7, 11) is 2.71. The molecule has 7 heteroatoms.